The zero-order chi connectivity index (χ0) is 17.8. The first-order valence-electron chi connectivity index (χ1n) is 8.32. The van der Waals surface area contributed by atoms with Crippen LogP contribution in [-0.4, -0.2) is 68.6 Å². The van der Waals surface area contributed by atoms with Crippen LogP contribution in [0.25, 0.3) is 11.8 Å². The summed E-state index contributed by atoms with van der Waals surface area (Å²) in [6.45, 7) is 7.77. The molecule has 1 aromatic carbocycles. The van der Waals surface area contributed by atoms with Crippen molar-refractivity contribution in [2.45, 2.75) is 13.8 Å². The second kappa shape index (κ2) is 7.52. The Labute approximate surface area is 145 Å². The van der Waals surface area contributed by atoms with Crippen molar-refractivity contribution in [2.24, 2.45) is 0 Å². The molecule has 2 aromatic rings. The number of aryl methyl sites for hydroxylation is 1. The number of rotatable bonds is 4. The van der Waals surface area contributed by atoms with E-state index >= 15 is 0 Å². The minimum absolute atomic E-state index is 0.157. The molecule has 1 amide bonds. The van der Waals surface area contributed by atoms with Crippen molar-refractivity contribution in [1.82, 2.24) is 30.0 Å². The highest BCUT2D eigenvalue weighted by molar-refractivity contribution is 6.18. The lowest BCUT2D eigenvalue weighted by molar-refractivity contribution is -0.127. The smallest absolute Gasteiger partial charge is 0.272 e. The Kier molecular flexibility index (Phi) is 5.18. The lowest BCUT2D eigenvalue weighted by atomic mass is 10.1. The van der Waals surface area contributed by atoms with Gasteiger partial charge in [0.25, 0.3) is 5.91 Å². The second-order valence-corrected chi connectivity index (χ2v) is 5.95. The average Bonchev–Trinajstić information content (AvgIpc) is 3.05. The van der Waals surface area contributed by atoms with Gasteiger partial charge < -0.3 is 9.80 Å². The first-order valence-corrected chi connectivity index (χ1v) is 8.32. The molecule has 1 aromatic heterocycles. The normalized spacial score (nSPS) is 16.3. The number of halogens is 1. The van der Waals surface area contributed by atoms with Crippen LogP contribution in [0.1, 0.15) is 18.3 Å². The summed E-state index contributed by atoms with van der Waals surface area (Å²) in [5.74, 6) is -0.0100. The van der Waals surface area contributed by atoms with Crippen molar-refractivity contribution in [3.63, 3.8) is 0 Å². The molecule has 8 heteroatoms. The third-order valence-electron chi connectivity index (χ3n) is 4.33. The molecule has 0 bridgehead atoms. The highest BCUT2D eigenvalue weighted by atomic mass is 19.1. The summed E-state index contributed by atoms with van der Waals surface area (Å²) in [6, 6.07) is 6.09. The molecule has 1 fully saturated rings. The molecule has 25 heavy (non-hydrogen) atoms. The van der Waals surface area contributed by atoms with Gasteiger partial charge in [0.1, 0.15) is 11.5 Å². The monoisotopic (exact) mass is 344 g/mol. The lowest BCUT2D eigenvalue weighted by Gasteiger charge is -2.34. The largest absolute Gasteiger partial charge is 0.335 e. The second-order valence-electron chi connectivity index (χ2n) is 5.95. The number of aromatic nitrogens is 4. The van der Waals surface area contributed by atoms with E-state index in [4.69, 9.17) is 0 Å². The third-order valence-corrected chi connectivity index (χ3v) is 4.33. The SMILES string of the molecule is CCN1CCN(C(=O)/C(=C/c2cccc(F)c2)n2nnnc2C)CC1. The fraction of sp³-hybridized carbons (Fsp3) is 0.412. The van der Waals surface area contributed by atoms with Crippen molar-refractivity contribution in [3.05, 3.63) is 41.5 Å². The highest BCUT2D eigenvalue weighted by Crippen LogP contribution is 2.17. The Morgan fingerprint density at radius 1 is 1.28 bits per heavy atom. The maximum Gasteiger partial charge on any atom is 0.272 e. The molecule has 0 unspecified atom stereocenters. The van der Waals surface area contributed by atoms with Crippen LogP contribution in [-0.2, 0) is 4.79 Å². The van der Waals surface area contributed by atoms with E-state index in [1.54, 1.807) is 30.0 Å². The summed E-state index contributed by atoms with van der Waals surface area (Å²) >= 11 is 0. The summed E-state index contributed by atoms with van der Waals surface area (Å²) in [7, 11) is 0. The van der Waals surface area contributed by atoms with Gasteiger partial charge in [-0.2, -0.15) is 4.68 Å². The fourth-order valence-electron chi connectivity index (χ4n) is 2.85. The minimum atomic E-state index is -0.356. The summed E-state index contributed by atoms with van der Waals surface area (Å²) in [6.07, 6.45) is 1.63. The fourth-order valence-corrected chi connectivity index (χ4v) is 2.85. The Bertz CT molecular complexity index is 779. The molecule has 0 aliphatic carbocycles. The molecule has 0 radical (unpaired) electrons. The van der Waals surface area contributed by atoms with Crippen LogP contribution in [0.5, 0.6) is 0 Å². The van der Waals surface area contributed by atoms with Crippen LogP contribution in [0.2, 0.25) is 0 Å². The first-order chi connectivity index (χ1) is 12.1. The first kappa shape index (κ1) is 17.2. The third kappa shape index (κ3) is 3.90. The van der Waals surface area contributed by atoms with Crippen molar-refractivity contribution >= 4 is 17.7 Å². The highest BCUT2D eigenvalue weighted by Gasteiger charge is 2.25. The predicted molar refractivity (Wildman–Crippen MR) is 91.8 cm³/mol. The molecule has 0 atom stereocenters. The quantitative estimate of drug-likeness (QED) is 0.782. The van der Waals surface area contributed by atoms with Gasteiger partial charge >= 0.3 is 0 Å². The lowest BCUT2D eigenvalue weighted by Crippen LogP contribution is -2.49. The molecular formula is C17H21FN6O. The van der Waals surface area contributed by atoms with Crippen LogP contribution in [0.15, 0.2) is 24.3 Å². The van der Waals surface area contributed by atoms with E-state index in [-0.39, 0.29) is 11.7 Å². The number of hydrogen-bond acceptors (Lipinski definition) is 5. The van der Waals surface area contributed by atoms with Gasteiger partial charge in [-0.3, -0.25) is 4.79 Å². The molecule has 132 valence electrons. The maximum absolute atomic E-state index is 13.5. The number of nitrogens with zero attached hydrogens (tertiary/aromatic N) is 6. The number of tetrazole rings is 1. The Balaban J connectivity index is 1.92. The van der Waals surface area contributed by atoms with Gasteiger partial charge in [-0.1, -0.05) is 19.1 Å². The zero-order valence-corrected chi connectivity index (χ0v) is 14.4. The van der Waals surface area contributed by atoms with Crippen molar-refractivity contribution in [1.29, 1.82) is 0 Å². The molecule has 3 rings (SSSR count). The number of likely N-dealkylation sites (N-methyl/N-ethyl adjacent to an activating group) is 1. The summed E-state index contributed by atoms with van der Waals surface area (Å²) < 4.78 is 14.9. The molecular weight excluding hydrogens is 323 g/mol. The van der Waals surface area contributed by atoms with Crippen LogP contribution in [0.4, 0.5) is 4.39 Å². The molecule has 1 saturated heterocycles. The number of benzene rings is 1. The topological polar surface area (TPSA) is 67.2 Å². The summed E-state index contributed by atoms with van der Waals surface area (Å²) in [5, 5.41) is 11.4. The van der Waals surface area contributed by atoms with Crippen LogP contribution < -0.4 is 0 Å². The zero-order valence-electron chi connectivity index (χ0n) is 14.4. The molecule has 0 saturated carbocycles. The van der Waals surface area contributed by atoms with Gasteiger partial charge in [0.15, 0.2) is 5.82 Å². The van der Waals surface area contributed by atoms with E-state index < -0.39 is 0 Å². The predicted octanol–water partition coefficient (Wildman–Crippen LogP) is 1.28. The van der Waals surface area contributed by atoms with Gasteiger partial charge in [-0.05, 0) is 47.7 Å². The Morgan fingerprint density at radius 3 is 2.64 bits per heavy atom. The van der Waals surface area contributed by atoms with Crippen LogP contribution in [0.3, 0.4) is 0 Å². The van der Waals surface area contributed by atoms with Crippen LogP contribution in [0, 0.1) is 12.7 Å². The number of carbonyl (C=O) groups excluding carboxylic acids is 1. The number of amides is 1. The van der Waals surface area contributed by atoms with E-state index in [2.05, 4.69) is 27.3 Å². The van der Waals surface area contributed by atoms with Gasteiger partial charge in [0, 0.05) is 26.2 Å². The van der Waals surface area contributed by atoms with E-state index in [9.17, 15) is 9.18 Å². The maximum atomic E-state index is 13.5. The molecule has 2 heterocycles. The molecule has 7 nitrogen and oxygen atoms in total. The molecule has 1 aliphatic heterocycles. The summed E-state index contributed by atoms with van der Waals surface area (Å²) in [4.78, 5) is 17.1. The van der Waals surface area contributed by atoms with Crippen LogP contribution >= 0.6 is 0 Å². The number of carbonyl (C=O) groups is 1. The van der Waals surface area contributed by atoms with E-state index in [1.165, 1.54) is 16.8 Å². The summed E-state index contributed by atoms with van der Waals surface area (Å²) in [5.41, 5.74) is 0.906. The molecule has 1 aliphatic rings. The Morgan fingerprint density at radius 2 is 2.04 bits per heavy atom. The van der Waals surface area contributed by atoms with Crippen molar-refractivity contribution in [2.75, 3.05) is 32.7 Å². The van der Waals surface area contributed by atoms with Crippen molar-refractivity contribution in [3.8, 4) is 0 Å². The van der Waals surface area contributed by atoms with Gasteiger partial charge in [0.05, 0.1) is 0 Å². The van der Waals surface area contributed by atoms with E-state index in [0.29, 0.717) is 30.2 Å². The molecule has 0 spiro atoms. The molecule has 0 N–H and O–H groups in total. The number of hydrogen-bond donors (Lipinski definition) is 0. The minimum Gasteiger partial charge on any atom is -0.335 e. The number of piperazine rings is 1. The Hall–Kier alpha value is -2.61. The standard InChI is InChI=1S/C17H21FN6O/c1-3-22-7-9-23(10-8-22)17(25)16(24-13(2)19-20-21-24)12-14-5-4-6-15(18)11-14/h4-6,11-12H,3,7-10H2,1-2H3/b16-12-. The average molecular weight is 344 g/mol. The van der Waals surface area contributed by atoms with Gasteiger partial charge in [0.2, 0.25) is 0 Å². The van der Waals surface area contributed by atoms with Gasteiger partial charge in [-0.15, -0.1) is 5.10 Å². The van der Waals surface area contributed by atoms with E-state index in [1.807, 2.05) is 0 Å². The van der Waals surface area contributed by atoms with E-state index in [0.717, 1.165) is 19.6 Å². The van der Waals surface area contributed by atoms with Crippen molar-refractivity contribution < 1.29 is 9.18 Å². The van der Waals surface area contributed by atoms with Gasteiger partial charge in [-0.25, -0.2) is 4.39 Å².